The van der Waals surface area contributed by atoms with Gasteiger partial charge in [0.15, 0.2) is 15.5 Å². The van der Waals surface area contributed by atoms with Gasteiger partial charge in [-0.2, -0.15) is 0 Å². The van der Waals surface area contributed by atoms with Gasteiger partial charge in [0.2, 0.25) is 0 Å². The summed E-state index contributed by atoms with van der Waals surface area (Å²) >= 11 is 6.26. The Hall–Kier alpha value is -2.58. The topological polar surface area (TPSA) is 79.6 Å². The third kappa shape index (κ3) is 3.02. The maximum absolute atomic E-state index is 14.3. The molecule has 146 valence electrons. The first-order chi connectivity index (χ1) is 13.3. The largest absolute Gasteiger partial charge is 0.476 e. The summed E-state index contributed by atoms with van der Waals surface area (Å²) in [5.41, 5.74) is 1.20. The third-order valence-corrected chi connectivity index (χ3v) is 6.85. The van der Waals surface area contributed by atoms with Gasteiger partial charge in [-0.25, -0.2) is 17.6 Å². The summed E-state index contributed by atoms with van der Waals surface area (Å²) < 4.78 is 39.4. The van der Waals surface area contributed by atoms with Crippen molar-refractivity contribution in [2.24, 2.45) is 0 Å². The summed E-state index contributed by atoms with van der Waals surface area (Å²) in [5.74, 6) is -2.07. The molecule has 1 fully saturated rings. The second kappa shape index (κ2) is 6.79. The lowest BCUT2D eigenvalue weighted by Crippen LogP contribution is -2.41. The molecule has 0 unspecified atom stereocenters. The number of carboxylic acids is 1. The Morgan fingerprint density at radius 2 is 1.71 bits per heavy atom. The molecular formula is C19H16ClFN2O4S. The summed E-state index contributed by atoms with van der Waals surface area (Å²) in [5, 5.41) is 10.1. The van der Waals surface area contributed by atoms with Crippen molar-refractivity contribution in [3.8, 4) is 5.69 Å². The predicted molar refractivity (Wildman–Crippen MR) is 106 cm³/mol. The zero-order valence-corrected chi connectivity index (χ0v) is 16.2. The molecule has 1 saturated heterocycles. The number of rotatable bonds is 3. The van der Waals surface area contributed by atoms with Crippen molar-refractivity contribution in [2.45, 2.75) is 0 Å². The number of benzene rings is 2. The van der Waals surface area contributed by atoms with Crippen LogP contribution in [-0.4, -0.2) is 48.7 Å². The highest BCUT2D eigenvalue weighted by atomic mass is 35.5. The highest BCUT2D eigenvalue weighted by Gasteiger charge is 2.32. The molecule has 3 aromatic rings. The molecule has 0 aliphatic carbocycles. The third-order valence-electron chi connectivity index (χ3n) is 4.88. The van der Waals surface area contributed by atoms with Gasteiger partial charge in [-0.05, 0) is 24.3 Å². The minimum absolute atomic E-state index is 0.0759. The molecule has 0 radical (unpaired) electrons. The van der Waals surface area contributed by atoms with E-state index in [-0.39, 0.29) is 46.4 Å². The van der Waals surface area contributed by atoms with E-state index in [0.29, 0.717) is 11.2 Å². The van der Waals surface area contributed by atoms with Gasteiger partial charge in [-0.3, -0.25) is 0 Å². The second-order valence-electron chi connectivity index (χ2n) is 6.57. The van der Waals surface area contributed by atoms with Gasteiger partial charge < -0.3 is 14.6 Å². The fourth-order valence-corrected chi connectivity index (χ4v) is 5.03. The molecule has 2 heterocycles. The summed E-state index contributed by atoms with van der Waals surface area (Å²) in [4.78, 5) is 13.9. The number of aromatic nitrogens is 1. The van der Waals surface area contributed by atoms with Crippen molar-refractivity contribution in [1.82, 2.24) is 4.57 Å². The van der Waals surface area contributed by atoms with Crippen molar-refractivity contribution >= 4 is 44.0 Å². The molecule has 9 heteroatoms. The van der Waals surface area contributed by atoms with Crippen LogP contribution in [0.25, 0.3) is 16.6 Å². The molecule has 4 rings (SSSR count). The van der Waals surface area contributed by atoms with Crippen LogP contribution >= 0.6 is 11.6 Å². The molecule has 1 aliphatic rings. The first-order valence-corrected chi connectivity index (χ1v) is 10.8. The highest BCUT2D eigenvalue weighted by Crippen LogP contribution is 2.41. The molecule has 0 atom stereocenters. The Kier molecular flexibility index (Phi) is 4.55. The van der Waals surface area contributed by atoms with Gasteiger partial charge in [-0.15, -0.1) is 0 Å². The number of aromatic carboxylic acids is 1. The fourth-order valence-electron chi connectivity index (χ4n) is 3.58. The second-order valence-corrected chi connectivity index (χ2v) is 9.25. The van der Waals surface area contributed by atoms with Crippen molar-refractivity contribution in [1.29, 1.82) is 0 Å². The maximum atomic E-state index is 14.3. The van der Waals surface area contributed by atoms with Crippen LogP contribution in [0.5, 0.6) is 0 Å². The Labute approximate surface area is 165 Å². The van der Waals surface area contributed by atoms with E-state index >= 15 is 0 Å². The molecule has 2 aromatic carbocycles. The van der Waals surface area contributed by atoms with Crippen molar-refractivity contribution in [3.05, 3.63) is 59.0 Å². The van der Waals surface area contributed by atoms with Crippen LogP contribution in [0.2, 0.25) is 5.02 Å². The van der Waals surface area contributed by atoms with Crippen LogP contribution in [0.4, 0.5) is 10.1 Å². The van der Waals surface area contributed by atoms with E-state index in [0.717, 1.165) is 0 Å². The molecule has 1 N–H and O–H groups in total. The summed E-state index contributed by atoms with van der Waals surface area (Å²) in [6.07, 6.45) is 0. The molecular weight excluding hydrogens is 407 g/mol. The molecule has 28 heavy (non-hydrogen) atoms. The number of hydrogen-bond donors (Lipinski definition) is 1. The van der Waals surface area contributed by atoms with E-state index in [9.17, 15) is 22.7 Å². The Bertz CT molecular complexity index is 1180. The van der Waals surface area contributed by atoms with Gasteiger partial charge in [0.05, 0.1) is 27.7 Å². The number of fused-ring (bicyclic) bond motifs is 1. The average molecular weight is 423 g/mol. The Morgan fingerprint density at radius 1 is 1.07 bits per heavy atom. The van der Waals surface area contributed by atoms with E-state index < -0.39 is 21.6 Å². The molecule has 1 aromatic heterocycles. The van der Waals surface area contributed by atoms with Crippen molar-refractivity contribution in [2.75, 3.05) is 29.5 Å². The molecule has 0 amide bonds. The summed E-state index contributed by atoms with van der Waals surface area (Å²) in [7, 11) is -3.18. The average Bonchev–Trinajstić information content (AvgIpc) is 3.01. The number of carbonyl (C=O) groups is 1. The van der Waals surface area contributed by atoms with E-state index in [1.165, 1.54) is 16.7 Å². The van der Waals surface area contributed by atoms with Gasteiger partial charge in [-0.1, -0.05) is 29.8 Å². The number of halogens is 2. The molecule has 1 aliphatic heterocycles. The number of sulfone groups is 1. The highest BCUT2D eigenvalue weighted by molar-refractivity contribution is 7.91. The van der Waals surface area contributed by atoms with Gasteiger partial charge >= 0.3 is 5.97 Å². The lowest BCUT2D eigenvalue weighted by molar-refractivity contribution is 0.0689. The SMILES string of the molecule is O=C(O)c1c(N2CCS(=O)(=O)CC2)c2c(Cl)c(F)ccc2n1-c1ccccc1. The van der Waals surface area contributed by atoms with Crippen LogP contribution < -0.4 is 4.90 Å². The number of para-hydroxylation sites is 1. The van der Waals surface area contributed by atoms with Gasteiger partial charge in [0.25, 0.3) is 0 Å². The van der Waals surface area contributed by atoms with Gasteiger partial charge in [0, 0.05) is 24.2 Å². The minimum Gasteiger partial charge on any atom is -0.476 e. The van der Waals surface area contributed by atoms with E-state index in [2.05, 4.69) is 0 Å². The number of nitrogens with zero attached hydrogens (tertiary/aromatic N) is 2. The zero-order valence-electron chi connectivity index (χ0n) is 14.6. The molecule has 6 nitrogen and oxygen atoms in total. The van der Waals surface area contributed by atoms with Crippen molar-refractivity contribution < 1.29 is 22.7 Å². The summed E-state index contributed by atoms with van der Waals surface area (Å²) in [6, 6.07) is 11.5. The maximum Gasteiger partial charge on any atom is 0.355 e. The first-order valence-electron chi connectivity index (χ1n) is 8.56. The Morgan fingerprint density at radius 3 is 2.32 bits per heavy atom. The smallest absolute Gasteiger partial charge is 0.355 e. The van der Waals surface area contributed by atoms with Crippen LogP contribution in [0, 0.1) is 5.82 Å². The van der Waals surface area contributed by atoms with Crippen LogP contribution in [0.3, 0.4) is 0 Å². The number of hydrogen-bond acceptors (Lipinski definition) is 4. The van der Waals surface area contributed by atoms with E-state index in [4.69, 9.17) is 11.6 Å². The molecule has 0 bridgehead atoms. The summed E-state index contributed by atoms with van der Waals surface area (Å²) in [6.45, 7) is 0.229. The monoisotopic (exact) mass is 422 g/mol. The lowest BCUT2D eigenvalue weighted by atomic mass is 10.2. The van der Waals surface area contributed by atoms with Gasteiger partial charge in [0.1, 0.15) is 5.82 Å². The zero-order chi connectivity index (χ0) is 20.1. The molecule has 0 spiro atoms. The minimum atomic E-state index is -3.18. The number of carboxylic acid groups (broad SMARTS) is 1. The standard InChI is InChI=1S/C19H16ClFN2O4S/c20-16-13(21)6-7-14-15(16)17(22-8-10-28(26,27)11-9-22)18(19(24)25)23(14)12-4-2-1-3-5-12/h1-7H,8-11H2,(H,24,25). The Balaban J connectivity index is 2.07. The fraction of sp³-hybridized carbons (Fsp3) is 0.211. The normalized spacial score (nSPS) is 16.4. The van der Waals surface area contributed by atoms with Crippen LogP contribution in [0.1, 0.15) is 10.5 Å². The van der Waals surface area contributed by atoms with E-state index in [1.807, 2.05) is 0 Å². The van der Waals surface area contributed by atoms with Crippen LogP contribution in [-0.2, 0) is 9.84 Å². The van der Waals surface area contributed by atoms with Crippen molar-refractivity contribution in [3.63, 3.8) is 0 Å². The predicted octanol–water partition coefficient (Wildman–Crippen LogP) is 3.36. The molecule has 0 saturated carbocycles. The van der Waals surface area contributed by atoms with Crippen LogP contribution in [0.15, 0.2) is 42.5 Å². The van der Waals surface area contributed by atoms with E-state index in [1.54, 1.807) is 35.2 Å². The number of anilines is 1. The quantitative estimate of drug-likeness (QED) is 0.700. The lowest BCUT2D eigenvalue weighted by Gasteiger charge is -2.29. The first kappa shape index (κ1) is 18.8.